The summed E-state index contributed by atoms with van der Waals surface area (Å²) in [5, 5.41) is 22.2. The van der Waals surface area contributed by atoms with E-state index in [1.54, 1.807) is 0 Å². The van der Waals surface area contributed by atoms with Gasteiger partial charge in [0.25, 0.3) is 5.91 Å². The molecule has 3 N–H and O–H groups in total. The molecule has 0 radical (unpaired) electrons. The minimum absolute atomic E-state index is 0.0384. The van der Waals surface area contributed by atoms with Gasteiger partial charge in [0.05, 0.1) is 0 Å². The van der Waals surface area contributed by atoms with E-state index in [0.717, 1.165) is 38.9 Å². The Morgan fingerprint density at radius 1 is 1.30 bits per heavy atom. The van der Waals surface area contributed by atoms with E-state index < -0.39 is 5.91 Å². The van der Waals surface area contributed by atoms with Gasteiger partial charge in [-0.25, -0.2) is 0 Å². The molecule has 1 aliphatic rings. The Labute approximate surface area is 119 Å². The number of hydrogen-bond acceptors (Lipinski definition) is 4. The zero-order valence-corrected chi connectivity index (χ0v) is 11.8. The SMILES string of the molecule is CCCN1CCC(NC(=O)c2c(O)cccc2O)CC1. The second-order valence-corrected chi connectivity index (χ2v) is 5.26. The average molecular weight is 278 g/mol. The van der Waals surface area contributed by atoms with Crippen LogP contribution in [0.3, 0.4) is 0 Å². The van der Waals surface area contributed by atoms with Crippen molar-refractivity contribution >= 4 is 5.91 Å². The number of hydrogen-bond donors (Lipinski definition) is 3. The standard InChI is InChI=1S/C15H22N2O3/c1-2-8-17-9-6-11(7-10-17)16-15(20)14-12(18)4-3-5-13(14)19/h3-5,11,18-19H,2,6-10H2,1H3,(H,16,20). The van der Waals surface area contributed by atoms with Crippen molar-refractivity contribution < 1.29 is 15.0 Å². The number of rotatable bonds is 4. The van der Waals surface area contributed by atoms with Crippen LogP contribution in [0.15, 0.2) is 18.2 Å². The Balaban J connectivity index is 1.93. The van der Waals surface area contributed by atoms with Crippen molar-refractivity contribution in [2.24, 2.45) is 0 Å². The number of benzene rings is 1. The summed E-state index contributed by atoms with van der Waals surface area (Å²) in [6.45, 7) is 5.22. The van der Waals surface area contributed by atoms with Gasteiger partial charge in [-0.1, -0.05) is 13.0 Å². The van der Waals surface area contributed by atoms with Crippen molar-refractivity contribution in [3.05, 3.63) is 23.8 Å². The maximum Gasteiger partial charge on any atom is 0.259 e. The van der Waals surface area contributed by atoms with Crippen LogP contribution in [0.1, 0.15) is 36.5 Å². The molecule has 1 aromatic rings. The third-order valence-corrected chi connectivity index (χ3v) is 3.71. The highest BCUT2D eigenvalue weighted by molar-refractivity contribution is 5.99. The number of carbonyl (C=O) groups excluding carboxylic acids is 1. The molecule has 1 amide bonds. The molecule has 0 bridgehead atoms. The third-order valence-electron chi connectivity index (χ3n) is 3.71. The summed E-state index contributed by atoms with van der Waals surface area (Å²) >= 11 is 0. The number of carbonyl (C=O) groups is 1. The molecule has 1 aliphatic heterocycles. The van der Waals surface area contributed by atoms with Crippen molar-refractivity contribution in [3.63, 3.8) is 0 Å². The van der Waals surface area contributed by atoms with E-state index in [0.29, 0.717) is 0 Å². The molecule has 20 heavy (non-hydrogen) atoms. The minimum atomic E-state index is -0.408. The Morgan fingerprint density at radius 2 is 1.90 bits per heavy atom. The Kier molecular flexibility index (Phi) is 4.84. The highest BCUT2D eigenvalue weighted by atomic mass is 16.3. The maximum atomic E-state index is 12.1. The molecule has 0 aliphatic carbocycles. The summed E-state index contributed by atoms with van der Waals surface area (Å²) in [6, 6.07) is 4.41. The van der Waals surface area contributed by atoms with Gasteiger partial charge in [0.1, 0.15) is 17.1 Å². The molecular formula is C15H22N2O3. The van der Waals surface area contributed by atoms with Crippen LogP contribution >= 0.6 is 0 Å². The first-order chi connectivity index (χ1) is 9.61. The fraction of sp³-hybridized carbons (Fsp3) is 0.533. The second kappa shape index (κ2) is 6.61. The van der Waals surface area contributed by atoms with Gasteiger partial charge >= 0.3 is 0 Å². The van der Waals surface area contributed by atoms with Crippen molar-refractivity contribution in [2.45, 2.75) is 32.2 Å². The van der Waals surface area contributed by atoms with E-state index in [2.05, 4.69) is 17.1 Å². The lowest BCUT2D eigenvalue weighted by Gasteiger charge is -2.32. The van der Waals surface area contributed by atoms with Gasteiger partial charge in [0, 0.05) is 19.1 Å². The summed E-state index contributed by atoms with van der Waals surface area (Å²) in [4.78, 5) is 14.5. The fourth-order valence-electron chi connectivity index (χ4n) is 2.64. The Morgan fingerprint density at radius 3 is 2.45 bits per heavy atom. The van der Waals surface area contributed by atoms with Crippen molar-refractivity contribution in [3.8, 4) is 11.5 Å². The molecule has 1 heterocycles. The largest absolute Gasteiger partial charge is 0.507 e. The summed E-state index contributed by atoms with van der Waals surface area (Å²) in [5.74, 6) is -0.786. The quantitative estimate of drug-likeness (QED) is 0.784. The van der Waals surface area contributed by atoms with Crippen LogP contribution in [0.2, 0.25) is 0 Å². The van der Waals surface area contributed by atoms with Crippen LogP contribution in [-0.2, 0) is 0 Å². The van der Waals surface area contributed by atoms with Crippen molar-refractivity contribution in [2.75, 3.05) is 19.6 Å². The first-order valence-electron chi connectivity index (χ1n) is 7.16. The summed E-state index contributed by atoms with van der Waals surface area (Å²) in [7, 11) is 0. The Hall–Kier alpha value is -1.75. The molecular weight excluding hydrogens is 256 g/mol. The van der Waals surface area contributed by atoms with Crippen LogP contribution in [0, 0.1) is 0 Å². The van der Waals surface area contributed by atoms with Crippen molar-refractivity contribution in [1.29, 1.82) is 0 Å². The number of phenols is 2. The predicted molar refractivity (Wildman–Crippen MR) is 77.0 cm³/mol. The van der Waals surface area contributed by atoms with Crippen molar-refractivity contribution in [1.82, 2.24) is 10.2 Å². The highest BCUT2D eigenvalue weighted by Gasteiger charge is 2.23. The maximum absolute atomic E-state index is 12.1. The molecule has 1 aromatic carbocycles. The van der Waals surface area contributed by atoms with Gasteiger partial charge < -0.3 is 20.4 Å². The second-order valence-electron chi connectivity index (χ2n) is 5.26. The monoisotopic (exact) mass is 278 g/mol. The molecule has 110 valence electrons. The third kappa shape index (κ3) is 3.42. The molecule has 0 aromatic heterocycles. The molecule has 0 unspecified atom stereocenters. The number of piperidine rings is 1. The van der Waals surface area contributed by atoms with Crippen LogP contribution < -0.4 is 5.32 Å². The number of aromatic hydroxyl groups is 2. The van der Waals surface area contributed by atoms with Gasteiger partial charge in [0.2, 0.25) is 0 Å². The molecule has 0 saturated carbocycles. The summed E-state index contributed by atoms with van der Waals surface area (Å²) in [6.07, 6.45) is 2.95. The van der Waals surface area contributed by atoms with Gasteiger partial charge in [-0.2, -0.15) is 0 Å². The van der Waals surface area contributed by atoms with Gasteiger partial charge in [-0.05, 0) is 37.9 Å². The topological polar surface area (TPSA) is 72.8 Å². The van der Waals surface area contributed by atoms with E-state index in [1.807, 2.05) is 0 Å². The lowest BCUT2D eigenvalue weighted by Crippen LogP contribution is -2.44. The van der Waals surface area contributed by atoms with Gasteiger partial charge in [0.15, 0.2) is 0 Å². The predicted octanol–water partition coefficient (Wildman–Crippen LogP) is 1.70. The van der Waals surface area contributed by atoms with E-state index in [9.17, 15) is 15.0 Å². The van der Waals surface area contributed by atoms with Crippen LogP contribution in [-0.4, -0.2) is 46.7 Å². The van der Waals surface area contributed by atoms with Crippen LogP contribution in [0.4, 0.5) is 0 Å². The average Bonchev–Trinajstić information content (AvgIpc) is 2.41. The first-order valence-corrected chi connectivity index (χ1v) is 7.16. The van der Waals surface area contributed by atoms with E-state index in [4.69, 9.17) is 0 Å². The number of nitrogens with one attached hydrogen (secondary N) is 1. The lowest BCUT2D eigenvalue weighted by atomic mass is 10.0. The fourth-order valence-corrected chi connectivity index (χ4v) is 2.64. The first kappa shape index (κ1) is 14.7. The molecule has 1 saturated heterocycles. The molecule has 0 atom stereocenters. The smallest absolute Gasteiger partial charge is 0.259 e. The number of amides is 1. The number of likely N-dealkylation sites (tertiary alicyclic amines) is 1. The molecule has 0 spiro atoms. The van der Waals surface area contributed by atoms with Crippen LogP contribution in [0.25, 0.3) is 0 Å². The number of phenolic OH excluding ortho intramolecular Hbond substituents is 2. The van der Waals surface area contributed by atoms with Gasteiger partial charge in [-0.3, -0.25) is 4.79 Å². The minimum Gasteiger partial charge on any atom is -0.507 e. The van der Waals surface area contributed by atoms with E-state index in [1.165, 1.54) is 18.2 Å². The zero-order valence-electron chi connectivity index (χ0n) is 11.8. The normalized spacial score (nSPS) is 17.1. The highest BCUT2D eigenvalue weighted by Crippen LogP contribution is 2.26. The summed E-state index contributed by atoms with van der Waals surface area (Å²) < 4.78 is 0. The zero-order chi connectivity index (χ0) is 14.5. The Bertz CT molecular complexity index is 448. The lowest BCUT2D eigenvalue weighted by molar-refractivity contribution is 0.0905. The van der Waals surface area contributed by atoms with Gasteiger partial charge in [-0.15, -0.1) is 0 Å². The summed E-state index contributed by atoms with van der Waals surface area (Å²) in [5.41, 5.74) is -0.0384. The van der Waals surface area contributed by atoms with E-state index >= 15 is 0 Å². The molecule has 5 heteroatoms. The molecule has 1 fully saturated rings. The van der Waals surface area contributed by atoms with Crippen LogP contribution in [0.5, 0.6) is 11.5 Å². The molecule has 5 nitrogen and oxygen atoms in total. The molecule has 2 rings (SSSR count). The number of nitrogens with zero attached hydrogens (tertiary/aromatic N) is 1. The van der Waals surface area contributed by atoms with E-state index in [-0.39, 0.29) is 23.1 Å².